The number of hydrogen-bond donors (Lipinski definition) is 3. The Balaban J connectivity index is 1.98. The van der Waals surface area contributed by atoms with E-state index in [-0.39, 0.29) is 22.4 Å². The van der Waals surface area contributed by atoms with Gasteiger partial charge >= 0.3 is 5.97 Å². The van der Waals surface area contributed by atoms with E-state index in [1.807, 2.05) is 6.07 Å². The van der Waals surface area contributed by atoms with Crippen LogP contribution < -0.4 is 20.9 Å². The molecule has 1 aromatic heterocycles. The lowest BCUT2D eigenvalue weighted by molar-refractivity contribution is -0.132. The molecule has 0 radical (unpaired) electrons. The number of halogens is 1. The number of ketones is 1. The van der Waals surface area contributed by atoms with Crippen LogP contribution in [0.3, 0.4) is 0 Å². The van der Waals surface area contributed by atoms with Gasteiger partial charge in [0, 0.05) is 49.6 Å². The van der Waals surface area contributed by atoms with Gasteiger partial charge in [-0.15, -0.1) is 0 Å². The molecular formula is C27H26ClN5O5. The number of carbonyl (C=O) groups is 2. The summed E-state index contributed by atoms with van der Waals surface area (Å²) in [5.41, 5.74) is 13.8. The summed E-state index contributed by atoms with van der Waals surface area (Å²) in [5, 5.41) is 9.50. The van der Waals surface area contributed by atoms with Crippen LogP contribution in [0.25, 0.3) is 0 Å². The molecular weight excluding hydrogens is 510 g/mol. The Morgan fingerprint density at radius 1 is 1.13 bits per heavy atom. The number of nitrogens with zero attached hydrogens (tertiary/aromatic N) is 3. The van der Waals surface area contributed by atoms with Crippen LogP contribution in [-0.2, 0) is 11.2 Å². The first-order valence-electron chi connectivity index (χ1n) is 11.1. The van der Waals surface area contributed by atoms with Crippen LogP contribution in [0.15, 0.2) is 48.3 Å². The highest BCUT2D eigenvalue weighted by atomic mass is 35.5. The fraction of sp³-hybridized carbons (Fsp3) is 0.185. The van der Waals surface area contributed by atoms with Gasteiger partial charge in [-0.1, -0.05) is 23.4 Å². The van der Waals surface area contributed by atoms with Crippen LogP contribution in [0.2, 0.25) is 5.02 Å². The fourth-order valence-electron chi connectivity index (χ4n) is 3.54. The molecule has 2 aromatic carbocycles. The molecule has 0 saturated carbocycles. The Morgan fingerprint density at radius 3 is 2.45 bits per heavy atom. The molecule has 0 aliphatic heterocycles. The van der Waals surface area contributed by atoms with Gasteiger partial charge in [-0.05, 0) is 35.9 Å². The second kappa shape index (κ2) is 12.0. The van der Waals surface area contributed by atoms with Gasteiger partial charge in [0.2, 0.25) is 11.7 Å². The van der Waals surface area contributed by atoms with Crippen molar-refractivity contribution < 1.29 is 24.2 Å². The third-order valence-electron chi connectivity index (χ3n) is 5.27. The molecule has 0 fully saturated rings. The number of Topliss-reactive ketones (excluding diaryl/α,β-unsaturated/α-hetero) is 1. The number of hydrogen-bond acceptors (Lipinski definition) is 9. The van der Waals surface area contributed by atoms with E-state index in [2.05, 4.69) is 21.8 Å². The second-order valence-corrected chi connectivity index (χ2v) is 8.69. The van der Waals surface area contributed by atoms with Crippen molar-refractivity contribution in [3.05, 3.63) is 81.1 Å². The van der Waals surface area contributed by atoms with E-state index in [1.165, 1.54) is 37.5 Å². The number of aromatic nitrogens is 2. The van der Waals surface area contributed by atoms with Crippen molar-refractivity contribution in [3.63, 3.8) is 0 Å². The first-order valence-corrected chi connectivity index (χ1v) is 11.5. The fourth-order valence-corrected chi connectivity index (χ4v) is 3.80. The van der Waals surface area contributed by atoms with Crippen molar-refractivity contribution in [2.45, 2.75) is 6.42 Å². The van der Waals surface area contributed by atoms with Crippen molar-refractivity contribution in [1.82, 2.24) is 14.9 Å². The van der Waals surface area contributed by atoms with Crippen molar-refractivity contribution in [1.29, 1.82) is 0 Å². The zero-order chi connectivity index (χ0) is 28.0. The quantitative estimate of drug-likeness (QED) is 0.129. The summed E-state index contributed by atoms with van der Waals surface area (Å²) in [6.07, 6.45) is 3.19. The summed E-state index contributed by atoms with van der Waals surface area (Å²) in [7, 11) is 6.26. The number of carboxylic acid groups (broad SMARTS) is 1. The summed E-state index contributed by atoms with van der Waals surface area (Å²) >= 11 is 6.34. The monoisotopic (exact) mass is 535 g/mol. The summed E-state index contributed by atoms with van der Waals surface area (Å²) < 4.78 is 11.0. The summed E-state index contributed by atoms with van der Waals surface area (Å²) in [6, 6.07) is 8.16. The highest BCUT2D eigenvalue weighted by Gasteiger charge is 2.22. The van der Waals surface area contributed by atoms with Crippen LogP contribution >= 0.6 is 11.6 Å². The molecule has 5 N–H and O–H groups in total. The summed E-state index contributed by atoms with van der Waals surface area (Å²) in [6.45, 7) is 0. The highest BCUT2D eigenvalue weighted by Crippen LogP contribution is 2.33. The number of anilines is 2. The molecule has 11 heteroatoms. The van der Waals surface area contributed by atoms with Crippen LogP contribution in [0.1, 0.15) is 32.6 Å². The van der Waals surface area contributed by atoms with Crippen LogP contribution in [0, 0.1) is 11.8 Å². The molecule has 0 aliphatic rings. The maximum absolute atomic E-state index is 12.8. The normalized spacial score (nSPS) is 10.8. The van der Waals surface area contributed by atoms with Gasteiger partial charge in [-0.25, -0.2) is 9.78 Å². The molecule has 38 heavy (non-hydrogen) atoms. The molecule has 196 valence electrons. The molecule has 1 heterocycles. The molecule has 0 amide bonds. The van der Waals surface area contributed by atoms with Crippen molar-refractivity contribution in [2.75, 3.05) is 39.8 Å². The van der Waals surface area contributed by atoms with Gasteiger partial charge in [0.1, 0.15) is 11.4 Å². The standard InChI is InChI=1S/C27H26ClN5O5/c1-33(2)14-20(26(35)36)23(34)19-8-6-15(11-21(19)28)5-7-17-9-16(12-22(37-3)24(17)38-4)10-18-13-31-27(30)32-25(18)29/h6,8-9,11-14H,10H2,1-4H3,(H,35,36)(H4,29,30,31,32). The van der Waals surface area contributed by atoms with E-state index in [9.17, 15) is 14.7 Å². The van der Waals surface area contributed by atoms with Gasteiger partial charge in [-0.3, -0.25) is 4.79 Å². The van der Waals surface area contributed by atoms with E-state index in [0.29, 0.717) is 34.6 Å². The molecule has 0 bridgehead atoms. The van der Waals surface area contributed by atoms with E-state index < -0.39 is 17.3 Å². The number of rotatable bonds is 8. The van der Waals surface area contributed by atoms with Crippen molar-refractivity contribution in [3.8, 4) is 23.3 Å². The van der Waals surface area contributed by atoms with E-state index in [0.717, 1.165) is 5.56 Å². The van der Waals surface area contributed by atoms with Crippen molar-refractivity contribution in [2.24, 2.45) is 0 Å². The third kappa shape index (κ3) is 6.52. The third-order valence-corrected chi connectivity index (χ3v) is 5.58. The van der Waals surface area contributed by atoms with E-state index >= 15 is 0 Å². The Kier molecular flexibility index (Phi) is 8.78. The first kappa shape index (κ1) is 27.8. The average Bonchev–Trinajstić information content (AvgIpc) is 2.86. The Labute approximate surface area is 224 Å². The minimum atomic E-state index is -1.35. The average molecular weight is 536 g/mol. The summed E-state index contributed by atoms with van der Waals surface area (Å²) in [5.74, 6) is 5.26. The molecule has 3 aromatic rings. The molecule has 0 saturated heterocycles. The zero-order valence-electron chi connectivity index (χ0n) is 21.2. The molecule has 3 rings (SSSR count). The van der Waals surface area contributed by atoms with Crippen LogP contribution in [-0.4, -0.2) is 60.0 Å². The minimum absolute atomic E-state index is 0.0530. The van der Waals surface area contributed by atoms with Gasteiger partial charge in [-0.2, -0.15) is 4.98 Å². The van der Waals surface area contributed by atoms with Gasteiger partial charge in [0.25, 0.3) is 0 Å². The minimum Gasteiger partial charge on any atom is -0.493 e. The molecule has 0 aliphatic carbocycles. The number of ether oxygens (including phenoxy) is 2. The van der Waals surface area contributed by atoms with Gasteiger partial charge < -0.3 is 30.9 Å². The number of nitrogens with two attached hydrogens (primary N) is 2. The Bertz CT molecular complexity index is 1490. The van der Waals surface area contributed by atoms with Gasteiger partial charge in [0.15, 0.2) is 11.5 Å². The highest BCUT2D eigenvalue weighted by molar-refractivity contribution is 6.36. The number of aliphatic carboxylic acids is 1. The number of benzene rings is 2. The first-order chi connectivity index (χ1) is 18.0. The Hall–Kier alpha value is -4.75. The number of methoxy groups -OCH3 is 2. The maximum Gasteiger partial charge on any atom is 0.341 e. The molecule has 0 unspecified atom stereocenters. The molecule has 0 atom stereocenters. The zero-order valence-corrected chi connectivity index (χ0v) is 22.0. The van der Waals surface area contributed by atoms with Crippen LogP contribution in [0.5, 0.6) is 11.5 Å². The van der Waals surface area contributed by atoms with E-state index in [1.54, 1.807) is 32.4 Å². The number of nitrogen functional groups attached to an aromatic ring is 2. The second-order valence-electron chi connectivity index (χ2n) is 8.28. The summed E-state index contributed by atoms with van der Waals surface area (Å²) in [4.78, 5) is 33.8. The lowest BCUT2D eigenvalue weighted by Crippen LogP contribution is -2.17. The lowest BCUT2D eigenvalue weighted by atomic mass is 10.0. The molecule has 0 spiro atoms. The maximum atomic E-state index is 12.8. The van der Waals surface area contributed by atoms with E-state index in [4.69, 9.17) is 32.5 Å². The Morgan fingerprint density at radius 2 is 1.87 bits per heavy atom. The molecule has 10 nitrogen and oxygen atoms in total. The van der Waals surface area contributed by atoms with Gasteiger partial charge in [0.05, 0.1) is 24.8 Å². The van der Waals surface area contributed by atoms with Crippen LogP contribution in [0.4, 0.5) is 11.8 Å². The predicted molar refractivity (Wildman–Crippen MR) is 144 cm³/mol. The number of carboxylic acids is 1. The topological polar surface area (TPSA) is 154 Å². The predicted octanol–water partition coefficient (Wildman–Crippen LogP) is 3.02. The SMILES string of the molecule is COc1cc(Cc2cnc(N)nc2N)cc(C#Cc2ccc(C(=O)C(=CN(C)C)C(=O)O)c(Cl)c2)c1OC. The lowest BCUT2D eigenvalue weighted by Gasteiger charge is -2.13. The largest absolute Gasteiger partial charge is 0.493 e. The van der Waals surface area contributed by atoms with Crippen molar-refractivity contribution >= 4 is 35.1 Å². The smallest absolute Gasteiger partial charge is 0.341 e. The number of carbonyl (C=O) groups excluding carboxylic acids is 1.